The van der Waals surface area contributed by atoms with E-state index < -0.39 is 0 Å². The molecule has 2 N–H and O–H groups in total. The molecule has 1 amide bonds. The molecule has 5 fully saturated rings. The van der Waals surface area contributed by atoms with E-state index in [-0.39, 0.29) is 12.0 Å². The van der Waals surface area contributed by atoms with Crippen molar-refractivity contribution in [2.75, 3.05) is 6.54 Å². The minimum absolute atomic E-state index is 0.118. The molecule has 1 radical (unpaired) electrons. The van der Waals surface area contributed by atoms with Gasteiger partial charge in [-0.1, -0.05) is 75.7 Å². The second-order valence-electron chi connectivity index (χ2n) is 15.9. The summed E-state index contributed by atoms with van der Waals surface area (Å²) in [5, 5.41) is 6.76. The summed E-state index contributed by atoms with van der Waals surface area (Å²) in [5.74, 6) is 3.39. The quantitative estimate of drug-likeness (QED) is 0.140. The summed E-state index contributed by atoms with van der Waals surface area (Å²) in [5.41, 5.74) is 4.87. The number of carbonyl (C=O) groups excluding carboxylic acids is 1. The van der Waals surface area contributed by atoms with E-state index in [9.17, 15) is 4.79 Å². The molecule has 9 unspecified atom stereocenters. The Morgan fingerprint density at radius 3 is 2.36 bits per heavy atom. The molecule has 0 bridgehead atoms. The predicted molar refractivity (Wildman–Crippen MR) is 197 cm³/mol. The average Bonchev–Trinajstić information content (AvgIpc) is 3.26. The fourth-order valence-electron chi connectivity index (χ4n) is 9.59. The van der Waals surface area contributed by atoms with Crippen molar-refractivity contribution in [3.8, 4) is 0 Å². The van der Waals surface area contributed by atoms with Crippen LogP contribution in [0.1, 0.15) is 138 Å². The van der Waals surface area contributed by atoms with Crippen LogP contribution >= 0.6 is 15.9 Å². The summed E-state index contributed by atoms with van der Waals surface area (Å²) < 4.78 is 0. The number of likely N-dealkylation sites (tertiary alicyclic amines) is 1. The number of nitrogens with zero attached hydrogens (tertiary/aromatic N) is 2. The molecule has 7 heteroatoms. The van der Waals surface area contributed by atoms with E-state index in [1.807, 2.05) is 0 Å². The first-order valence-corrected chi connectivity index (χ1v) is 19.9. The van der Waals surface area contributed by atoms with Crippen molar-refractivity contribution < 1.29 is 4.79 Å². The first kappa shape index (κ1) is 37.3. The van der Waals surface area contributed by atoms with Gasteiger partial charge in [-0.2, -0.15) is 0 Å². The topological polar surface area (TPSA) is 47.6 Å². The number of hydrogen-bond acceptors (Lipinski definition) is 4. The number of unbranched alkanes of at least 4 members (excludes halogenated alkanes) is 2. The van der Waals surface area contributed by atoms with Gasteiger partial charge in [-0.15, -0.1) is 0 Å². The summed E-state index contributed by atoms with van der Waals surface area (Å²) in [6.07, 6.45) is 20.5. The van der Waals surface area contributed by atoms with Crippen molar-refractivity contribution in [2.45, 2.75) is 179 Å². The number of rotatable bonds is 10. The van der Waals surface area contributed by atoms with Crippen LogP contribution in [0.4, 0.5) is 0 Å². The van der Waals surface area contributed by atoms with E-state index in [2.05, 4.69) is 77.8 Å². The summed E-state index contributed by atoms with van der Waals surface area (Å²) in [6.45, 7) is 18.0. The van der Waals surface area contributed by atoms with Gasteiger partial charge in [0.05, 0.1) is 5.92 Å². The van der Waals surface area contributed by atoms with Crippen LogP contribution in [0.25, 0.3) is 0 Å². The van der Waals surface area contributed by atoms with E-state index in [4.69, 9.17) is 7.49 Å². The van der Waals surface area contributed by atoms with E-state index in [1.54, 1.807) is 13.0 Å². The molecule has 5 nitrogen and oxygen atoms in total. The van der Waals surface area contributed by atoms with Gasteiger partial charge in [0, 0.05) is 53.5 Å². The summed E-state index contributed by atoms with van der Waals surface area (Å²) >= 11 is 3.99. The van der Waals surface area contributed by atoms with Crippen LogP contribution in [0.5, 0.6) is 0 Å². The van der Waals surface area contributed by atoms with Gasteiger partial charge in [0.25, 0.3) is 0 Å². The number of hydrazine groups is 1. The first-order valence-electron chi connectivity index (χ1n) is 19.0. The zero-order valence-electron chi connectivity index (χ0n) is 29.8. The van der Waals surface area contributed by atoms with Crippen molar-refractivity contribution in [2.24, 2.45) is 29.6 Å². The molecule has 3 aliphatic carbocycles. The van der Waals surface area contributed by atoms with E-state index in [0.717, 1.165) is 43.1 Å². The number of hydrogen-bond donors (Lipinski definition) is 2. The van der Waals surface area contributed by atoms with Gasteiger partial charge in [-0.25, -0.2) is 5.01 Å². The van der Waals surface area contributed by atoms with E-state index in [0.29, 0.717) is 52.8 Å². The monoisotopic (exact) mass is 685 g/mol. The van der Waals surface area contributed by atoms with Crippen molar-refractivity contribution in [1.82, 2.24) is 20.7 Å². The molecule has 2 aliphatic heterocycles. The fraction of sp³-hybridized carbons (Fsp3) is 0.895. The van der Waals surface area contributed by atoms with Gasteiger partial charge in [0.2, 0.25) is 5.91 Å². The van der Waals surface area contributed by atoms with Crippen LogP contribution in [0, 0.1) is 29.6 Å². The zero-order chi connectivity index (χ0) is 32.7. The Morgan fingerprint density at radius 2 is 1.71 bits per heavy atom. The van der Waals surface area contributed by atoms with Crippen molar-refractivity contribution in [1.29, 1.82) is 0 Å². The number of piperidine rings is 1. The van der Waals surface area contributed by atoms with Crippen molar-refractivity contribution >= 4 is 34.8 Å². The molecule has 9 atom stereocenters. The summed E-state index contributed by atoms with van der Waals surface area (Å²) in [4.78, 5) is 17.5. The number of allylic oxidation sites excluding steroid dienone is 1. The maximum absolute atomic E-state index is 14.6. The van der Waals surface area contributed by atoms with E-state index >= 15 is 0 Å². The molecule has 0 aromatic heterocycles. The van der Waals surface area contributed by atoms with Crippen molar-refractivity contribution in [3.05, 3.63) is 12.7 Å². The third kappa shape index (κ3) is 9.36. The Hall–Kier alpha value is -0.495. The maximum atomic E-state index is 14.6. The van der Waals surface area contributed by atoms with Crippen LogP contribution in [0.3, 0.4) is 0 Å². The average molecular weight is 687 g/mol. The molecular weight excluding hydrogens is 619 g/mol. The molecule has 5 aliphatic rings. The van der Waals surface area contributed by atoms with Crippen LogP contribution < -0.4 is 10.7 Å². The molecular formula is C38H67BBrN4O. The Balaban J connectivity index is 0.000000854. The molecule has 2 saturated heterocycles. The molecule has 0 aromatic carbocycles. The Morgan fingerprint density at radius 1 is 1.02 bits per heavy atom. The van der Waals surface area contributed by atoms with Crippen molar-refractivity contribution in [3.63, 3.8) is 0 Å². The third-order valence-corrected chi connectivity index (χ3v) is 13.7. The Kier molecular flexibility index (Phi) is 14.7. The predicted octanol–water partition coefficient (Wildman–Crippen LogP) is 7.82. The fourth-order valence-corrected chi connectivity index (χ4v) is 10.2. The van der Waals surface area contributed by atoms with Gasteiger partial charge in [0.1, 0.15) is 0 Å². The Bertz CT molecular complexity index is 954. The normalized spacial score (nSPS) is 37.6. The number of carbonyl (C=O) groups is 1. The Labute approximate surface area is 287 Å². The minimum atomic E-state index is 0.118. The third-order valence-electron chi connectivity index (χ3n) is 12.4. The van der Waals surface area contributed by atoms with Gasteiger partial charge in [-0.05, 0) is 88.9 Å². The van der Waals surface area contributed by atoms with E-state index in [1.165, 1.54) is 77.0 Å². The van der Waals surface area contributed by atoms with Gasteiger partial charge < -0.3 is 10.2 Å². The second kappa shape index (κ2) is 17.8. The van der Waals surface area contributed by atoms with Gasteiger partial charge in [-0.3, -0.25) is 10.2 Å². The van der Waals surface area contributed by atoms with Crippen LogP contribution in [0.15, 0.2) is 12.7 Å². The van der Waals surface area contributed by atoms with Crippen LogP contribution in [-0.4, -0.2) is 76.4 Å². The standard InChI is InChI=1S/C34H61BrN4O.C4H6B/c1-6-7-8-11-23(4)36-33-24(5)28(35)19-18-27(33)34(40)38-21-20-31-32-29(12-9-10-13-30(32)38)37-39(31)26-16-14-25(15-17-26)22(2)3;1-3-4(2)5/h22-33,36-37H,6-21H2,1-5H3;3H,1H2,2H3. The zero-order valence-corrected chi connectivity index (χ0v) is 31.4. The number of halogens is 1. The van der Waals surface area contributed by atoms with Gasteiger partial charge >= 0.3 is 32.5 Å². The SMILES string of the molecule is CCCCCC(C)NC1C(C(=O)N2CCC3C4C(CCCCC42)NN3C2CCC(C(C)C)CC2)CCC(Br)C1C.[B]=C(C)C=C. The molecule has 0 spiro atoms. The molecule has 2 heterocycles. The number of amides is 1. The summed E-state index contributed by atoms with van der Waals surface area (Å²) in [7, 11) is 5.09. The molecule has 255 valence electrons. The van der Waals surface area contributed by atoms with Gasteiger partial charge in [0.15, 0.2) is 0 Å². The van der Waals surface area contributed by atoms with Crippen LogP contribution in [-0.2, 0) is 4.79 Å². The number of nitrogens with one attached hydrogen (secondary N) is 2. The summed E-state index contributed by atoms with van der Waals surface area (Å²) in [6, 6.07) is 3.02. The first-order chi connectivity index (χ1) is 21.6. The molecule has 5 rings (SSSR count). The molecule has 3 saturated carbocycles. The molecule has 45 heavy (non-hydrogen) atoms. The number of alkyl halides is 1. The van der Waals surface area contributed by atoms with Crippen LogP contribution in [0.2, 0.25) is 0 Å². The second-order valence-corrected chi connectivity index (χ2v) is 17.0. The molecule has 0 aromatic rings.